The van der Waals surface area contributed by atoms with Gasteiger partial charge in [-0.25, -0.2) is 0 Å². The van der Waals surface area contributed by atoms with Gasteiger partial charge in [-0.05, 0) is 123 Å². The van der Waals surface area contributed by atoms with Crippen LogP contribution in [0.5, 0.6) is 0 Å². The zero-order valence-corrected chi connectivity index (χ0v) is 18.0. The highest BCUT2D eigenvalue weighted by molar-refractivity contribution is 5.18. The van der Waals surface area contributed by atoms with Crippen LogP contribution in [0.25, 0.3) is 0 Å². The van der Waals surface area contributed by atoms with Crippen LogP contribution in [0.3, 0.4) is 0 Å². The molecule has 0 amide bonds. The van der Waals surface area contributed by atoms with Crippen LogP contribution < -0.4 is 0 Å². The molecule has 5 fully saturated rings. The van der Waals surface area contributed by atoms with Gasteiger partial charge in [0, 0.05) is 0 Å². The summed E-state index contributed by atoms with van der Waals surface area (Å²) in [6.45, 7) is 9.14. The van der Waals surface area contributed by atoms with Gasteiger partial charge in [-0.3, -0.25) is 0 Å². The molecule has 0 unspecified atom stereocenters. The van der Waals surface area contributed by atoms with Crippen LogP contribution in [0.4, 0.5) is 0 Å². The highest BCUT2D eigenvalue weighted by Crippen LogP contribution is 2.76. The minimum atomic E-state index is -0.357. The molecule has 5 rings (SSSR count). The van der Waals surface area contributed by atoms with Gasteiger partial charge in [-0.1, -0.05) is 20.8 Å². The molecule has 2 N–H and O–H groups in total. The first-order valence-electron chi connectivity index (χ1n) is 12.2. The lowest BCUT2D eigenvalue weighted by atomic mass is 9.47. The van der Waals surface area contributed by atoms with Gasteiger partial charge in [0.05, 0.1) is 11.7 Å². The highest BCUT2D eigenvalue weighted by atomic mass is 16.3. The molecule has 0 aromatic rings. The summed E-state index contributed by atoms with van der Waals surface area (Å²) in [5.74, 6) is 7.59. The Morgan fingerprint density at radius 1 is 0.926 bits per heavy atom. The van der Waals surface area contributed by atoms with Crippen LogP contribution in [0.1, 0.15) is 85.5 Å². The van der Waals surface area contributed by atoms with Crippen molar-refractivity contribution >= 4 is 0 Å². The largest absolute Gasteiger partial charge is 0.393 e. The number of hydrogen-bond donors (Lipinski definition) is 2. The second-order valence-electron chi connectivity index (χ2n) is 11.9. The van der Waals surface area contributed by atoms with Crippen molar-refractivity contribution in [2.45, 2.75) is 97.2 Å². The first kappa shape index (κ1) is 18.9. The third-order valence-electron chi connectivity index (χ3n) is 11.0. The molecule has 0 aromatic carbocycles. The van der Waals surface area contributed by atoms with Gasteiger partial charge in [0.15, 0.2) is 0 Å². The molecule has 0 spiro atoms. The Bertz CT molecular complexity index is 587. The molecule has 154 valence electrons. The van der Waals surface area contributed by atoms with Crippen LogP contribution in [0.15, 0.2) is 0 Å². The molecule has 12 atom stereocenters. The quantitative estimate of drug-likeness (QED) is 0.706. The Labute approximate surface area is 166 Å². The predicted molar refractivity (Wildman–Crippen MR) is 109 cm³/mol. The van der Waals surface area contributed by atoms with Crippen molar-refractivity contribution in [3.8, 4) is 0 Å². The minimum Gasteiger partial charge on any atom is -0.393 e. The number of fused-ring (bicyclic) bond motifs is 7. The van der Waals surface area contributed by atoms with E-state index in [0.29, 0.717) is 11.3 Å². The van der Waals surface area contributed by atoms with E-state index in [1.54, 1.807) is 0 Å². The molecule has 0 radical (unpaired) electrons. The molecule has 5 aliphatic carbocycles. The van der Waals surface area contributed by atoms with Crippen LogP contribution in [-0.2, 0) is 0 Å². The highest BCUT2D eigenvalue weighted by Gasteiger charge is 2.70. The maximum atomic E-state index is 10.9. The second kappa shape index (κ2) is 6.21. The monoisotopic (exact) mass is 374 g/mol. The summed E-state index contributed by atoms with van der Waals surface area (Å²) in [5, 5.41) is 21.2. The minimum absolute atomic E-state index is 0.162. The zero-order valence-electron chi connectivity index (χ0n) is 18.0. The summed E-state index contributed by atoms with van der Waals surface area (Å²) in [7, 11) is 0. The van der Waals surface area contributed by atoms with Gasteiger partial charge < -0.3 is 10.2 Å². The first-order chi connectivity index (χ1) is 12.8. The van der Waals surface area contributed by atoms with Crippen molar-refractivity contribution in [2.75, 3.05) is 0 Å². The van der Waals surface area contributed by atoms with E-state index < -0.39 is 0 Å². The zero-order chi connectivity index (χ0) is 19.1. The van der Waals surface area contributed by atoms with E-state index in [2.05, 4.69) is 20.8 Å². The maximum Gasteiger partial charge on any atom is 0.0648 e. The molecule has 0 aromatic heterocycles. The van der Waals surface area contributed by atoms with E-state index >= 15 is 0 Å². The molecule has 0 bridgehead atoms. The van der Waals surface area contributed by atoms with Crippen LogP contribution in [0.2, 0.25) is 0 Å². The summed E-state index contributed by atoms with van der Waals surface area (Å²) in [5.41, 5.74) is 0.126. The Morgan fingerprint density at radius 2 is 1.67 bits per heavy atom. The Kier molecular flexibility index (Phi) is 4.35. The lowest BCUT2D eigenvalue weighted by molar-refractivity contribution is -0.119. The first-order valence-corrected chi connectivity index (χ1v) is 12.2. The van der Waals surface area contributed by atoms with Crippen LogP contribution in [0, 0.1) is 58.7 Å². The molecule has 0 saturated heterocycles. The molecule has 0 heterocycles. The summed E-state index contributed by atoms with van der Waals surface area (Å²) in [6.07, 6.45) is 11.2. The molecule has 0 aliphatic heterocycles. The van der Waals surface area contributed by atoms with Crippen LogP contribution in [-0.4, -0.2) is 21.9 Å². The molecular formula is C25H42O2. The smallest absolute Gasteiger partial charge is 0.0648 e. The van der Waals surface area contributed by atoms with Gasteiger partial charge in [0.25, 0.3) is 0 Å². The third kappa shape index (κ3) is 2.64. The fourth-order valence-electron chi connectivity index (χ4n) is 9.60. The van der Waals surface area contributed by atoms with Gasteiger partial charge in [-0.2, -0.15) is 0 Å². The van der Waals surface area contributed by atoms with Crippen molar-refractivity contribution in [1.29, 1.82) is 0 Å². The van der Waals surface area contributed by atoms with Crippen molar-refractivity contribution in [1.82, 2.24) is 0 Å². The average Bonchev–Trinajstić information content (AvgIpc) is 3.35. The number of hydrogen-bond acceptors (Lipinski definition) is 2. The number of aliphatic hydroxyl groups is 2. The van der Waals surface area contributed by atoms with E-state index in [1.807, 2.05) is 6.92 Å². The second-order valence-corrected chi connectivity index (χ2v) is 11.9. The molecule has 5 aliphatic rings. The third-order valence-corrected chi connectivity index (χ3v) is 11.0. The van der Waals surface area contributed by atoms with Crippen molar-refractivity contribution in [3.63, 3.8) is 0 Å². The topological polar surface area (TPSA) is 40.5 Å². The SMILES string of the molecule is CC[C@@]1(O)CC[C@H]2[C@H](CC[C@@H]3[C@@H]2CC[C@@]2(C)[C@H]3[C@@H]3C[C@@H]3[C@@H]2[C@H](C)[C@@H](C)O)C1. The van der Waals surface area contributed by atoms with Crippen molar-refractivity contribution < 1.29 is 10.2 Å². The summed E-state index contributed by atoms with van der Waals surface area (Å²) < 4.78 is 0. The van der Waals surface area contributed by atoms with Crippen molar-refractivity contribution in [2.24, 2.45) is 58.7 Å². The normalized spacial score (nSPS) is 58.4. The molecular weight excluding hydrogens is 332 g/mol. The van der Waals surface area contributed by atoms with Crippen molar-refractivity contribution in [3.05, 3.63) is 0 Å². The summed E-state index contributed by atoms with van der Waals surface area (Å²) >= 11 is 0. The maximum absolute atomic E-state index is 10.9. The lowest BCUT2D eigenvalue weighted by Crippen LogP contribution is -2.52. The van der Waals surface area contributed by atoms with Gasteiger partial charge in [0.2, 0.25) is 0 Å². The van der Waals surface area contributed by atoms with E-state index in [1.165, 1.54) is 38.5 Å². The predicted octanol–water partition coefficient (Wildman–Crippen LogP) is 5.27. The van der Waals surface area contributed by atoms with Crippen LogP contribution >= 0.6 is 0 Å². The Hall–Kier alpha value is -0.0800. The molecule has 2 nitrogen and oxygen atoms in total. The van der Waals surface area contributed by atoms with Gasteiger partial charge in [0.1, 0.15) is 0 Å². The molecule has 27 heavy (non-hydrogen) atoms. The molecule has 5 saturated carbocycles. The van der Waals surface area contributed by atoms with E-state index in [-0.39, 0.29) is 11.7 Å². The number of aliphatic hydroxyl groups excluding tert-OH is 1. The van der Waals surface area contributed by atoms with Gasteiger partial charge >= 0.3 is 0 Å². The Balaban J connectivity index is 1.38. The lowest BCUT2D eigenvalue weighted by Gasteiger charge is -2.58. The van der Waals surface area contributed by atoms with Gasteiger partial charge in [-0.15, -0.1) is 0 Å². The fourth-order valence-corrected chi connectivity index (χ4v) is 9.60. The number of rotatable bonds is 3. The average molecular weight is 375 g/mol. The molecule has 2 heteroatoms. The summed E-state index contributed by atoms with van der Waals surface area (Å²) in [6, 6.07) is 0. The van der Waals surface area contributed by atoms with E-state index in [4.69, 9.17) is 0 Å². The fraction of sp³-hybridized carbons (Fsp3) is 1.00. The van der Waals surface area contributed by atoms with E-state index in [0.717, 1.165) is 66.6 Å². The van der Waals surface area contributed by atoms with E-state index in [9.17, 15) is 10.2 Å². The Morgan fingerprint density at radius 3 is 2.37 bits per heavy atom. The summed E-state index contributed by atoms with van der Waals surface area (Å²) in [4.78, 5) is 0. The standard InChI is InChI=1S/C25H42O2/c1-5-25(27)11-9-17-16(13-25)6-7-19-18(17)8-10-24(4)22(14(2)15(3)26)20-12-21(20)23(19)24/h14-23,26-27H,5-13H2,1-4H3/t14-,15-,16-,17+,18-,19-,20+,21-,22+,23-,24-,25-/m1/s1.